The number of aliphatic hydroxyl groups is 3. The van der Waals surface area contributed by atoms with Crippen LogP contribution in [0.2, 0.25) is 0 Å². The molecule has 3 rings (SSSR count). The fraction of sp³-hybridized carbons (Fsp3) is 0.538. The van der Waals surface area contributed by atoms with Crippen LogP contribution >= 0.6 is 0 Å². The molecule has 21 heavy (non-hydrogen) atoms. The van der Waals surface area contributed by atoms with Crippen molar-refractivity contribution in [2.24, 2.45) is 0 Å². The molecule has 0 radical (unpaired) electrons. The molecule has 3 heterocycles. The first-order valence-corrected chi connectivity index (χ1v) is 6.67. The van der Waals surface area contributed by atoms with Crippen LogP contribution in [-0.4, -0.2) is 49.7 Å². The topological polar surface area (TPSA) is 135 Å². The smallest absolute Gasteiger partial charge is 0.194 e. The van der Waals surface area contributed by atoms with Gasteiger partial charge in [0.2, 0.25) is 0 Å². The van der Waals surface area contributed by atoms with Crippen molar-refractivity contribution in [1.29, 1.82) is 0 Å². The van der Waals surface area contributed by atoms with Gasteiger partial charge in [0, 0.05) is 5.56 Å². The zero-order chi connectivity index (χ0) is 15.2. The summed E-state index contributed by atoms with van der Waals surface area (Å²) >= 11 is 0. The van der Waals surface area contributed by atoms with Gasteiger partial charge in [0.15, 0.2) is 11.4 Å². The quantitative estimate of drug-likeness (QED) is 0.608. The predicted octanol–water partition coefficient (Wildman–Crippen LogP) is -0.261. The summed E-state index contributed by atoms with van der Waals surface area (Å²) in [5.41, 5.74) is 5.37. The Labute approximate surface area is 120 Å². The molecule has 0 aliphatic carbocycles. The average Bonchev–Trinajstić information content (AvgIpc) is 3.01. The van der Waals surface area contributed by atoms with Crippen molar-refractivity contribution in [2.75, 3.05) is 12.3 Å². The molecule has 8 heteroatoms. The van der Waals surface area contributed by atoms with E-state index < -0.39 is 30.5 Å². The summed E-state index contributed by atoms with van der Waals surface area (Å²) in [5.74, 6) is 0.184. The summed E-state index contributed by atoms with van der Waals surface area (Å²) in [6.07, 6.45) is -0.0389. The molecule has 1 aliphatic rings. The van der Waals surface area contributed by atoms with E-state index >= 15 is 0 Å². The number of nitrogen functional groups attached to an aromatic ring is 1. The number of hydrogen-bond donors (Lipinski definition) is 4. The van der Waals surface area contributed by atoms with Gasteiger partial charge in [0.25, 0.3) is 0 Å². The molecule has 4 atom stereocenters. The van der Waals surface area contributed by atoms with Crippen LogP contribution in [0.15, 0.2) is 17.0 Å². The zero-order valence-electron chi connectivity index (χ0n) is 11.4. The van der Waals surface area contributed by atoms with Crippen LogP contribution in [0.1, 0.15) is 25.0 Å². The molecule has 0 spiro atoms. The molecule has 1 fully saturated rings. The number of aromatic nitrogens is 2. The van der Waals surface area contributed by atoms with E-state index in [0.29, 0.717) is 16.7 Å². The lowest BCUT2D eigenvalue weighted by atomic mass is 9.85. The van der Waals surface area contributed by atoms with Crippen molar-refractivity contribution in [2.45, 2.75) is 37.3 Å². The lowest BCUT2D eigenvalue weighted by Crippen LogP contribution is -2.45. The maximum Gasteiger partial charge on any atom is 0.194 e. The van der Waals surface area contributed by atoms with Crippen molar-refractivity contribution >= 4 is 16.9 Å². The molecule has 5 N–H and O–H groups in total. The van der Waals surface area contributed by atoms with Crippen molar-refractivity contribution in [3.8, 4) is 0 Å². The second-order valence-corrected chi connectivity index (χ2v) is 5.15. The number of nitrogens with zero attached hydrogens (tertiary/aromatic N) is 2. The summed E-state index contributed by atoms with van der Waals surface area (Å²) in [6.45, 7) is 1.33. The second-order valence-electron chi connectivity index (χ2n) is 5.15. The highest BCUT2D eigenvalue weighted by atomic mass is 16.6. The maximum absolute atomic E-state index is 10.7. The number of furan rings is 1. The molecule has 0 unspecified atom stereocenters. The largest absolute Gasteiger partial charge is 0.458 e. The van der Waals surface area contributed by atoms with Gasteiger partial charge in [-0.15, -0.1) is 0 Å². The van der Waals surface area contributed by atoms with Crippen LogP contribution in [0.3, 0.4) is 0 Å². The van der Waals surface area contributed by atoms with Gasteiger partial charge in [-0.25, -0.2) is 9.97 Å². The minimum Gasteiger partial charge on any atom is -0.458 e. The highest BCUT2D eigenvalue weighted by Crippen LogP contribution is 2.45. The van der Waals surface area contributed by atoms with Crippen molar-refractivity contribution < 1.29 is 24.5 Å². The number of anilines is 1. The van der Waals surface area contributed by atoms with Crippen LogP contribution in [0.5, 0.6) is 0 Å². The second kappa shape index (κ2) is 4.92. The summed E-state index contributed by atoms with van der Waals surface area (Å²) in [6, 6.07) is 0. The molecule has 2 aromatic heterocycles. The molecule has 0 bridgehead atoms. The average molecular weight is 295 g/mol. The van der Waals surface area contributed by atoms with E-state index in [-0.39, 0.29) is 12.2 Å². The SMILES string of the molecule is CC[C@@]1(O)[C@H](O)[C@@H](CO)O[C@H]1c1coc2c(N)ncnc12. The number of hydrogen-bond acceptors (Lipinski definition) is 8. The van der Waals surface area contributed by atoms with Crippen molar-refractivity contribution in [1.82, 2.24) is 9.97 Å². The standard InChI is InChI=1S/C13H17N3O5/c1-2-13(19)10(18)7(3-17)21-11(13)6-4-20-9-8(6)15-5-16-12(9)14/h4-5,7,10-11,17-19H,2-3H2,1H3,(H2,14,15,16)/t7-,10-,11+,13-/m1/s1. The summed E-state index contributed by atoms with van der Waals surface area (Å²) in [7, 11) is 0. The van der Waals surface area contributed by atoms with E-state index in [1.54, 1.807) is 6.92 Å². The lowest BCUT2D eigenvalue weighted by molar-refractivity contribution is -0.0813. The molecule has 114 valence electrons. The molecule has 2 aromatic rings. The van der Waals surface area contributed by atoms with Gasteiger partial charge in [-0.1, -0.05) is 6.92 Å². The Morgan fingerprint density at radius 2 is 2.19 bits per heavy atom. The van der Waals surface area contributed by atoms with Crippen molar-refractivity contribution in [3.05, 3.63) is 18.2 Å². The number of ether oxygens (including phenoxy) is 1. The van der Waals surface area contributed by atoms with E-state index in [4.69, 9.17) is 14.9 Å². The van der Waals surface area contributed by atoms with Gasteiger partial charge >= 0.3 is 0 Å². The monoisotopic (exact) mass is 295 g/mol. The summed E-state index contributed by atoms with van der Waals surface area (Å²) < 4.78 is 11.0. The number of aliphatic hydroxyl groups excluding tert-OH is 2. The van der Waals surface area contributed by atoms with E-state index in [9.17, 15) is 15.3 Å². The van der Waals surface area contributed by atoms with E-state index in [2.05, 4.69) is 9.97 Å². The lowest BCUT2D eigenvalue weighted by Gasteiger charge is -2.29. The fourth-order valence-corrected chi connectivity index (χ4v) is 2.80. The summed E-state index contributed by atoms with van der Waals surface area (Å²) in [5, 5.41) is 30.2. The van der Waals surface area contributed by atoms with Gasteiger partial charge in [-0.05, 0) is 6.42 Å². The van der Waals surface area contributed by atoms with Crippen molar-refractivity contribution in [3.63, 3.8) is 0 Å². The van der Waals surface area contributed by atoms with Crippen LogP contribution in [0.4, 0.5) is 5.82 Å². The predicted molar refractivity (Wildman–Crippen MR) is 72.2 cm³/mol. The molecule has 1 saturated heterocycles. The Morgan fingerprint density at radius 1 is 1.43 bits per heavy atom. The minimum absolute atomic E-state index is 0.184. The minimum atomic E-state index is -1.54. The first kappa shape index (κ1) is 14.2. The number of rotatable bonds is 3. The Hall–Kier alpha value is -1.74. The Bertz CT molecular complexity index is 660. The van der Waals surface area contributed by atoms with Crippen LogP contribution in [0, 0.1) is 0 Å². The molecular formula is C13H17N3O5. The van der Waals surface area contributed by atoms with E-state index in [1.807, 2.05) is 0 Å². The molecule has 1 aliphatic heterocycles. The third-order valence-electron chi connectivity index (χ3n) is 4.07. The first-order valence-electron chi connectivity index (χ1n) is 6.67. The normalized spacial score (nSPS) is 32.9. The molecular weight excluding hydrogens is 278 g/mol. The van der Waals surface area contributed by atoms with Crippen LogP contribution in [-0.2, 0) is 4.74 Å². The zero-order valence-corrected chi connectivity index (χ0v) is 11.4. The Morgan fingerprint density at radius 3 is 2.86 bits per heavy atom. The van der Waals surface area contributed by atoms with Gasteiger partial charge in [0.1, 0.15) is 35.8 Å². The third-order valence-corrected chi connectivity index (χ3v) is 4.07. The van der Waals surface area contributed by atoms with Crippen LogP contribution in [0.25, 0.3) is 11.1 Å². The fourth-order valence-electron chi connectivity index (χ4n) is 2.80. The molecule has 0 saturated carbocycles. The molecule has 0 aromatic carbocycles. The first-order chi connectivity index (χ1) is 10.0. The maximum atomic E-state index is 10.7. The van der Waals surface area contributed by atoms with E-state index in [0.717, 1.165) is 0 Å². The summed E-state index contributed by atoms with van der Waals surface area (Å²) in [4.78, 5) is 7.93. The van der Waals surface area contributed by atoms with Gasteiger partial charge < -0.3 is 30.2 Å². The Kier molecular flexibility index (Phi) is 3.33. The highest BCUT2D eigenvalue weighted by molar-refractivity contribution is 5.85. The van der Waals surface area contributed by atoms with Crippen LogP contribution < -0.4 is 5.73 Å². The number of nitrogens with two attached hydrogens (primary N) is 1. The molecule has 0 amide bonds. The highest BCUT2D eigenvalue weighted by Gasteiger charge is 2.55. The van der Waals surface area contributed by atoms with E-state index in [1.165, 1.54) is 12.6 Å². The van der Waals surface area contributed by atoms with Gasteiger partial charge in [0.05, 0.1) is 12.9 Å². The van der Waals surface area contributed by atoms with Gasteiger partial charge in [-0.3, -0.25) is 0 Å². The third kappa shape index (κ3) is 1.91. The van der Waals surface area contributed by atoms with Gasteiger partial charge in [-0.2, -0.15) is 0 Å². The Balaban J connectivity index is 2.11. The molecule has 8 nitrogen and oxygen atoms in total. The number of fused-ring (bicyclic) bond motifs is 1.